The zero-order valence-electron chi connectivity index (χ0n) is 23.6. The summed E-state index contributed by atoms with van der Waals surface area (Å²) in [5, 5.41) is 19.0. The van der Waals surface area contributed by atoms with Crippen molar-refractivity contribution in [1.29, 1.82) is 0 Å². The number of ether oxygens (including phenoxy) is 1. The number of hydrogen-bond donors (Lipinski definition) is 1. The molecule has 5 rings (SSSR count). The van der Waals surface area contributed by atoms with Crippen LogP contribution in [0.5, 0.6) is 0 Å². The second kappa shape index (κ2) is 11.2. The van der Waals surface area contributed by atoms with Gasteiger partial charge in [0.25, 0.3) is 0 Å². The zero-order valence-corrected chi connectivity index (χ0v) is 24.4. The van der Waals surface area contributed by atoms with E-state index in [1.165, 1.54) is 0 Å². The molecule has 1 aromatic heterocycles. The molecule has 0 saturated carbocycles. The van der Waals surface area contributed by atoms with Crippen molar-refractivity contribution < 1.29 is 24.2 Å². The molecule has 3 saturated heterocycles. The fourth-order valence-electron chi connectivity index (χ4n) is 7.15. The molecule has 216 valence electrons. The van der Waals surface area contributed by atoms with Crippen molar-refractivity contribution in [3.05, 3.63) is 36.9 Å². The highest BCUT2D eigenvalue weighted by atomic mass is 32.2. The van der Waals surface area contributed by atoms with Crippen molar-refractivity contribution >= 4 is 40.6 Å². The molecule has 1 spiro atoms. The van der Waals surface area contributed by atoms with E-state index in [0.717, 1.165) is 23.9 Å². The van der Waals surface area contributed by atoms with E-state index in [4.69, 9.17) is 4.74 Å². The predicted molar refractivity (Wildman–Crippen MR) is 152 cm³/mol. The Balaban J connectivity index is 1.60. The lowest BCUT2D eigenvalue weighted by Crippen LogP contribution is -2.60. The highest BCUT2D eigenvalue weighted by molar-refractivity contribution is 8.02. The Morgan fingerprint density at radius 1 is 1.35 bits per heavy atom. The molecule has 3 fully saturated rings. The summed E-state index contributed by atoms with van der Waals surface area (Å²) in [4.78, 5) is 45.7. The summed E-state index contributed by atoms with van der Waals surface area (Å²) in [6.07, 6.45) is 3.11. The fourth-order valence-corrected chi connectivity index (χ4v) is 9.54. The smallest absolute Gasteiger partial charge is 0.310 e. The molecular weight excluding hydrogens is 530 g/mol. The van der Waals surface area contributed by atoms with Gasteiger partial charge in [-0.1, -0.05) is 50.6 Å². The topological polar surface area (TPSA) is 118 Å². The number of likely N-dealkylation sites (tertiary alicyclic amines) is 1. The quantitative estimate of drug-likeness (QED) is 0.324. The number of hydrogen-bond acceptors (Lipinski definition) is 8. The van der Waals surface area contributed by atoms with Crippen molar-refractivity contribution in [3.8, 4) is 0 Å². The maximum absolute atomic E-state index is 14.8. The lowest BCUT2D eigenvalue weighted by Gasteiger charge is -2.43. The first-order valence-corrected chi connectivity index (χ1v) is 15.1. The van der Waals surface area contributed by atoms with Gasteiger partial charge in [0, 0.05) is 11.8 Å². The first-order chi connectivity index (χ1) is 19.2. The zero-order chi connectivity index (χ0) is 28.8. The van der Waals surface area contributed by atoms with Gasteiger partial charge in [0.1, 0.15) is 18.2 Å². The number of benzene rings is 1. The molecule has 3 aliphatic heterocycles. The summed E-state index contributed by atoms with van der Waals surface area (Å²) >= 11 is 1.60. The van der Waals surface area contributed by atoms with E-state index >= 15 is 0 Å². The monoisotopic (exact) mass is 569 g/mol. The van der Waals surface area contributed by atoms with Crippen LogP contribution in [0.15, 0.2) is 36.9 Å². The molecule has 0 aliphatic carbocycles. The van der Waals surface area contributed by atoms with Gasteiger partial charge in [-0.3, -0.25) is 14.4 Å². The van der Waals surface area contributed by atoms with Gasteiger partial charge in [0.15, 0.2) is 0 Å². The number of carbonyl (C=O) groups is 3. The van der Waals surface area contributed by atoms with E-state index < -0.39 is 28.7 Å². The number of amides is 2. The standard InChI is InChI=1S/C29H39N5O5S/c1-6-13-32(16-33-20-12-10-9-11-19(20)30-31-33)27(37)25-29-18(5)14-22(40-29)23(28(38)39-8-3)24(29)26(36)34(25)21(15-35)17(4)7-2/h6,9-12,17-18,21-25,35H,1,7-8,13-16H2,2-5H3/t17-,18?,21-,22-,23+,24-,25?,29?/m0/s1. The molecular formula is C29H39N5O5S. The summed E-state index contributed by atoms with van der Waals surface area (Å²) in [6, 6.07) is 6.13. The number of thioether (sulfide) groups is 1. The summed E-state index contributed by atoms with van der Waals surface area (Å²) in [5.74, 6) is -2.18. The molecule has 1 aromatic carbocycles. The minimum Gasteiger partial charge on any atom is -0.466 e. The molecule has 11 heteroatoms. The first-order valence-electron chi connectivity index (χ1n) is 14.2. The van der Waals surface area contributed by atoms with Crippen LogP contribution in [0.25, 0.3) is 11.0 Å². The lowest BCUT2D eigenvalue weighted by molar-refractivity contribution is -0.154. The molecule has 40 heavy (non-hydrogen) atoms. The minimum absolute atomic E-state index is 0.00938. The van der Waals surface area contributed by atoms with Gasteiger partial charge >= 0.3 is 5.97 Å². The van der Waals surface area contributed by atoms with Gasteiger partial charge in [0.05, 0.1) is 41.4 Å². The largest absolute Gasteiger partial charge is 0.466 e. The Hall–Kier alpha value is -2.92. The summed E-state index contributed by atoms with van der Waals surface area (Å²) < 4.78 is 6.32. The van der Waals surface area contributed by atoms with Crippen molar-refractivity contribution in [1.82, 2.24) is 24.8 Å². The number of aliphatic hydroxyl groups excluding tert-OH is 1. The number of para-hydroxylation sites is 1. The molecule has 8 atom stereocenters. The second-order valence-corrected chi connectivity index (χ2v) is 12.8. The van der Waals surface area contributed by atoms with Gasteiger partial charge < -0.3 is 19.6 Å². The minimum atomic E-state index is -0.852. The van der Waals surface area contributed by atoms with E-state index in [9.17, 15) is 19.5 Å². The molecule has 3 unspecified atom stereocenters. The molecule has 2 bridgehead atoms. The van der Waals surface area contributed by atoms with Gasteiger partial charge in [0.2, 0.25) is 11.8 Å². The van der Waals surface area contributed by atoms with Crippen molar-refractivity contribution in [3.63, 3.8) is 0 Å². The average Bonchev–Trinajstić information content (AvgIpc) is 3.66. The Kier molecular flexibility index (Phi) is 7.98. The number of fused-ring (bicyclic) bond motifs is 2. The van der Waals surface area contributed by atoms with Crippen LogP contribution >= 0.6 is 11.8 Å². The SMILES string of the molecule is C=CCN(Cn1nnc2ccccc21)C(=O)C1N([C@@H](CO)[C@@H](C)CC)C(=O)[C@@H]2[C@H](C(=O)OCC)[C@@H]3CC(C)C12S3. The van der Waals surface area contributed by atoms with Crippen molar-refractivity contribution in [2.45, 2.75) is 69.3 Å². The van der Waals surface area contributed by atoms with Gasteiger partial charge in [-0.15, -0.1) is 23.4 Å². The Bertz CT molecular complexity index is 1300. The van der Waals surface area contributed by atoms with Crippen LogP contribution in [0.1, 0.15) is 40.5 Å². The third-order valence-corrected chi connectivity index (χ3v) is 11.3. The highest BCUT2D eigenvalue weighted by Crippen LogP contribution is 2.69. The number of aliphatic hydroxyl groups is 1. The molecule has 3 aliphatic rings. The van der Waals surface area contributed by atoms with Crippen LogP contribution in [-0.4, -0.2) is 89.5 Å². The number of esters is 1. The van der Waals surface area contributed by atoms with Crippen molar-refractivity contribution in [2.75, 3.05) is 19.8 Å². The average molecular weight is 570 g/mol. The summed E-state index contributed by atoms with van der Waals surface area (Å²) in [7, 11) is 0. The number of carbonyl (C=O) groups excluding carboxylic acids is 3. The van der Waals surface area contributed by atoms with E-state index in [0.29, 0.717) is 0 Å². The Morgan fingerprint density at radius 2 is 2.10 bits per heavy atom. The van der Waals surface area contributed by atoms with E-state index in [2.05, 4.69) is 23.8 Å². The van der Waals surface area contributed by atoms with Crippen LogP contribution in [0, 0.1) is 23.7 Å². The van der Waals surface area contributed by atoms with Crippen LogP contribution in [0.3, 0.4) is 0 Å². The molecule has 0 radical (unpaired) electrons. The summed E-state index contributed by atoms with van der Waals surface area (Å²) in [6.45, 7) is 12.0. The molecule has 2 aromatic rings. The van der Waals surface area contributed by atoms with E-state index in [1.54, 1.807) is 39.2 Å². The normalized spacial score (nSPS) is 30.4. The van der Waals surface area contributed by atoms with E-state index in [-0.39, 0.29) is 61.3 Å². The Labute approximate surface area is 239 Å². The molecule has 1 N–H and O–H groups in total. The van der Waals surface area contributed by atoms with Gasteiger partial charge in [-0.05, 0) is 37.3 Å². The Morgan fingerprint density at radius 3 is 2.77 bits per heavy atom. The van der Waals surface area contributed by atoms with Crippen LogP contribution in [0.2, 0.25) is 0 Å². The van der Waals surface area contributed by atoms with Gasteiger partial charge in [-0.2, -0.15) is 0 Å². The summed E-state index contributed by atoms with van der Waals surface area (Å²) in [5.41, 5.74) is 1.51. The van der Waals surface area contributed by atoms with E-state index in [1.807, 2.05) is 38.1 Å². The molecule has 10 nitrogen and oxygen atoms in total. The number of nitrogens with zero attached hydrogens (tertiary/aromatic N) is 5. The third kappa shape index (κ3) is 4.24. The third-order valence-electron chi connectivity index (χ3n) is 9.21. The maximum atomic E-state index is 14.8. The lowest BCUT2D eigenvalue weighted by atomic mass is 9.66. The van der Waals surface area contributed by atoms with Crippen LogP contribution < -0.4 is 0 Å². The number of rotatable bonds is 11. The predicted octanol–water partition coefficient (Wildman–Crippen LogP) is 2.71. The second-order valence-electron chi connectivity index (χ2n) is 11.3. The van der Waals surface area contributed by atoms with Crippen molar-refractivity contribution in [2.24, 2.45) is 23.7 Å². The number of aromatic nitrogens is 3. The van der Waals surface area contributed by atoms with Crippen LogP contribution in [0.4, 0.5) is 0 Å². The fraction of sp³-hybridized carbons (Fsp3) is 0.621. The maximum Gasteiger partial charge on any atom is 0.310 e. The highest BCUT2D eigenvalue weighted by Gasteiger charge is 2.77. The molecule has 4 heterocycles. The molecule has 2 amide bonds. The van der Waals surface area contributed by atoms with Gasteiger partial charge in [-0.25, -0.2) is 4.68 Å². The first kappa shape index (κ1) is 28.6. The van der Waals surface area contributed by atoms with Crippen LogP contribution in [-0.2, 0) is 25.8 Å².